The number of carbonyl (C=O) groups is 1. The molecule has 0 saturated carbocycles. The van der Waals surface area contributed by atoms with Gasteiger partial charge in [0.15, 0.2) is 0 Å². The summed E-state index contributed by atoms with van der Waals surface area (Å²) in [6, 6.07) is 15.5. The first kappa shape index (κ1) is 14.6. The van der Waals surface area contributed by atoms with Crippen LogP contribution in [0.25, 0.3) is 0 Å². The van der Waals surface area contributed by atoms with E-state index in [0.717, 1.165) is 5.56 Å². The van der Waals surface area contributed by atoms with Gasteiger partial charge < -0.3 is 10.6 Å². The Hall–Kier alpha value is -2.80. The number of halogens is 1. The molecule has 106 valence electrons. The zero-order chi connectivity index (χ0) is 14.9. The quantitative estimate of drug-likeness (QED) is 0.835. The smallest absolute Gasteiger partial charge is 0.315 e. The first-order valence-electron chi connectivity index (χ1n) is 6.55. The molecule has 0 spiro atoms. The molecule has 4 heteroatoms. The van der Waals surface area contributed by atoms with Crippen LogP contribution in [0.2, 0.25) is 0 Å². The maximum atomic E-state index is 13.3. The van der Waals surface area contributed by atoms with Crippen molar-refractivity contribution in [1.82, 2.24) is 10.6 Å². The van der Waals surface area contributed by atoms with Crippen LogP contribution in [-0.2, 0) is 6.54 Å². The van der Waals surface area contributed by atoms with Crippen LogP contribution in [0.3, 0.4) is 0 Å². The third-order valence-electron chi connectivity index (χ3n) is 2.74. The van der Waals surface area contributed by atoms with Crippen molar-refractivity contribution in [2.75, 3.05) is 6.54 Å². The minimum absolute atomic E-state index is 0.143. The highest BCUT2D eigenvalue weighted by molar-refractivity contribution is 5.74. The van der Waals surface area contributed by atoms with Crippen molar-refractivity contribution < 1.29 is 9.18 Å². The highest BCUT2D eigenvalue weighted by Crippen LogP contribution is 2.05. The summed E-state index contributed by atoms with van der Waals surface area (Å²) in [5.41, 5.74) is 1.34. The first-order chi connectivity index (χ1) is 10.3. The van der Waals surface area contributed by atoms with Crippen molar-refractivity contribution in [1.29, 1.82) is 0 Å². The van der Waals surface area contributed by atoms with E-state index >= 15 is 0 Å². The summed E-state index contributed by atoms with van der Waals surface area (Å²) in [6.07, 6.45) is 0. The Bertz CT molecular complexity index is 659. The monoisotopic (exact) mass is 282 g/mol. The molecule has 0 heterocycles. The van der Waals surface area contributed by atoms with Crippen molar-refractivity contribution in [3.05, 3.63) is 71.5 Å². The molecule has 0 unspecified atom stereocenters. The first-order valence-corrected chi connectivity index (χ1v) is 6.55. The Morgan fingerprint density at radius 2 is 1.71 bits per heavy atom. The summed E-state index contributed by atoms with van der Waals surface area (Å²) in [5, 5.41) is 5.18. The molecule has 0 aliphatic heterocycles. The molecule has 3 nitrogen and oxygen atoms in total. The van der Waals surface area contributed by atoms with E-state index in [9.17, 15) is 9.18 Å². The van der Waals surface area contributed by atoms with Crippen molar-refractivity contribution in [2.24, 2.45) is 0 Å². The van der Waals surface area contributed by atoms with Crippen LogP contribution in [0, 0.1) is 17.7 Å². The van der Waals surface area contributed by atoms with Gasteiger partial charge in [-0.15, -0.1) is 0 Å². The van der Waals surface area contributed by atoms with E-state index in [1.165, 1.54) is 6.07 Å². The number of rotatable bonds is 3. The number of hydrogen-bond acceptors (Lipinski definition) is 1. The number of benzene rings is 2. The molecule has 2 rings (SSSR count). The zero-order valence-electron chi connectivity index (χ0n) is 11.4. The Balaban J connectivity index is 1.74. The number of nitrogens with one attached hydrogen (secondary N) is 2. The van der Waals surface area contributed by atoms with E-state index in [1.807, 2.05) is 30.3 Å². The van der Waals surface area contributed by atoms with E-state index in [0.29, 0.717) is 5.56 Å². The van der Waals surface area contributed by atoms with Gasteiger partial charge in [0.1, 0.15) is 5.82 Å². The minimum Gasteiger partial charge on any atom is -0.334 e. The van der Waals surface area contributed by atoms with Crippen LogP contribution in [0.1, 0.15) is 11.1 Å². The lowest BCUT2D eigenvalue weighted by molar-refractivity contribution is 0.241. The predicted molar refractivity (Wildman–Crippen MR) is 80.0 cm³/mol. The van der Waals surface area contributed by atoms with Gasteiger partial charge in [-0.25, -0.2) is 9.18 Å². The lowest BCUT2D eigenvalue weighted by Gasteiger charge is -2.06. The lowest BCUT2D eigenvalue weighted by Crippen LogP contribution is -2.35. The van der Waals surface area contributed by atoms with Gasteiger partial charge in [0.25, 0.3) is 0 Å². The molecule has 0 bridgehead atoms. The fourth-order valence-electron chi connectivity index (χ4n) is 1.67. The van der Waals surface area contributed by atoms with Crippen LogP contribution >= 0.6 is 0 Å². The largest absolute Gasteiger partial charge is 0.334 e. The fourth-order valence-corrected chi connectivity index (χ4v) is 1.67. The molecular weight excluding hydrogens is 267 g/mol. The van der Waals surface area contributed by atoms with Gasteiger partial charge in [-0.05, 0) is 18.2 Å². The SMILES string of the molecule is O=C(NCC#Cc1ccccc1)NCc1ccccc1F. The highest BCUT2D eigenvalue weighted by atomic mass is 19.1. The normalized spacial score (nSPS) is 9.38. The molecule has 2 amide bonds. The van der Waals surface area contributed by atoms with Gasteiger partial charge in [-0.2, -0.15) is 0 Å². The van der Waals surface area contributed by atoms with Gasteiger partial charge in [0, 0.05) is 17.7 Å². The van der Waals surface area contributed by atoms with Crippen LogP contribution < -0.4 is 10.6 Å². The van der Waals surface area contributed by atoms with Gasteiger partial charge in [-0.3, -0.25) is 0 Å². The standard InChI is InChI=1S/C17H15FN2O/c18-16-11-5-4-10-15(16)13-20-17(21)19-12-6-9-14-7-2-1-3-8-14/h1-5,7-8,10-11H,12-13H2,(H2,19,20,21). The lowest BCUT2D eigenvalue weighted by atomic mass is 10.2. The molecule has 0 atom stereocenters. The third kappa shape index (κ3) is 5.00. The molecular formula is C17H15FN2O. The molecule has 2 aromatic rings. The van der Waals surface area contributed by atoms with Gasteiger partial charge in [0.05, 0.1) is 6.54 Å². The Kier molecular flexibility index (Phi) is 5.36. The molecule has 0 saturated heterocycles. The highest BCUT2D eigenvalue weighted by Gasteiger charge is 2.02. The zero-order valence-corrected chi connectivity index (χ0v) is 11.4. The second kappa shape index (κ2) is 7.71. The topological polar surface area (TPSA) is 41.1 Å². The van der Waals surface area contributed by atoms with Gasteiger partial charge in [-0.1, -0.05) is 48.2 Å². The molecule has 0 aliphatic rings. The molecule has 2 aromatic carbocycles. The number of urea groups is 1. The van der Waals surface area contributed by atoms with Crippen molar-refractivity contribution in [3.63, 3.8) is 0 Å². The van der Waals surface area contributed by atoms with Gasteiger partial charge in [0.2, 0.25) is 0 Å². The Morgan fingerprint density at radius 3 is 2.48 bits per heavy atom. The molecule has 0 aliphatic carbocycles. The minimum atomic E-state index is -0.374. The molecule has 0 radical (unpaired) electrons. The fraction of sp³-hybridized carbons (Fsp3) is 0.118. The number of hydrogen-bond donors (Lipinski definition) is 2. The maximum Gasteiger partial charge on any atom is 0.315 e. The molecule has 2 N–H and O–H groups in total. The van der Waals surface area contributed by atoms with Crippen molar-refractivity contribution >= 4 is 6.03 Å². The van der Waals surface area contributed by atoms with E-state index in [2.05, 4.69) is 22.5 Å². The Morgan fingerprint density at radius 1 is 1.00 bits per heavy atom. The summed E-state index contributed by atoms with van der Waals surface area (Å²) in [4.78, 5) is 11.5. The summed E-state index contributed by atoms with van der Waals surface area (Å²) in [6.45, 7) is 0.378. The summed E-state index contributed by atoms with van der Waals surface area (Å²) >= 11 is 0. The van der Waals surface area contributed by atoms with E-state index in [1.54, 1.807) is 18.2 Å². The van der Waals surface area contributed by atoms with Crippen molar-refractivity contribution in [2.45, 2.75) is 6.54 Å². The number of carbonyl (C=O) groups excluding carboxylic acids is 1. The van der Waals surface area contributed by atoms with Crippen LogP contribution in [0.4, 0.5) is 9.18 Å². The predicted octanol–water partition coefficient (Wildman–Crippen LogP) is 2.68. The molecule has 0 fully saturated rings. The molecule has 21 heavy (non-hydrogen) atoms. The van der Waals surface area contributed by atoms with Crippen LogP contribution in [0.5, 0.6) is 0 Å². The second-order valence-corrected chi connectivity index (χ2v) is 4.30. The number of amides is 2. The van der Waals surface area contributed by atoms with E-state index < -0.39 is 0 Å². The van der Waals surface area contributed by atoms with E-state index in [-0.39, 0.29) is 24.9 Å². The van der Waals surface area contributed by atoms with Crippen LogP contribution in [0.15, 0.2) is 54.6 Å². The summed E-state index contributed by atoms with van der Waals surface area (Å²) < 4.78 is 13.3. The average Bonchev–Trinajstić information content (AvgIpc) is 2.52. The van der Waals surface area contributed by atoms with Crippen molar-refractivity contribution in [3.8, 4) is 11.8 Å². The van der Waals surface area contributed by atoms with E-state index in [4.69, 9.17) is 0 Å². The van der Waals surface area contributed by atoms with Crippen LogP contribution in [-0.4, -0.2) is 12.6 Å². The maximum absolute atomic E-state index is 13.3. The average molecular weight is 282 g/mol. The summed E-state index contributed by atoms with van der Waals surface area (Å²) in [5.74, 6) is 5.44. The molecule has 0 aromatic heterocycles. The van der Waals surface area contributed by atoms with Gasteiger partial charge >= 0.3 is 6.03 Å². The second-order valence-electron chi connectivity index (χ2n) is 4.30. The summed E-state index contributed by atoms with van der Waals surface area (Å²) in [7, 11) is 0. The Labute approximate surface area is 123 Å². The third-order valence-corrected chi connectivity index (χ3v) is 2.74.